The fourth-order valence-corrected chi connectivity index (χ4v) is 1.000. The van der Waals surface area contributed by atoms with E-state index in [1.54, 1.807) is 0 Å². The van der Waals surface area contributed by atoms with Gasteiger partial charge in [0.05, 0.1) is 5.97 Å². The number of aliphatic carboxylic acids is 1. The Balaban J connectivity index is 3.06. The number of carboxylic acid groups (broad SMARTS) is 1. The second kappa shape index (κ2) is 4.15. The molecule has 0 aromatic carbocycles. The minimum Gasteiger partial charge on any atom is -0.545 e. The van der Waals surface area contributed by atoms with E-state index in [-0.39, 0.29) is 5.57 Å². The van der Waals surface area contributed by atoms with Crippen LogP contribution in [0.3, 0.4) is 0 Å². The van der Waals surface area contributed by atoms with Crippen molar-refractivity contribution < 1.29 is 34.7 Å². The second-order valence-corrected chi connectivity index (χ2v) is 3.05. The van der Waals surface area contributed by atoms with E-state index >= 15 is 0 Å². The second-order valence-electron chi connectivity index (χ2n) is 3.05. The highest BCUT2D eigenvalue weighted by atomic mass is 16.5. The summed E-state index contributed by atoms with van der Waals surface area (Å²) in [7, 11) is 0. The Morgan fingerprint density at radius 1 is 1.38 bits per heavy atom. The molecule has 88 valence electrons. The lowest BCUT2D eigenvalue weighted by Crippen LogP contribution is -2.23. The molecule has 0 aliphatic carbocycles. The number of hydrogen-bond donors (Lipinski definition) is 4. The number of carbonyl (C=O) groups excluding carboxylic acids is 1. The maximum Gasteiger partial charge on any atom is 0.330 e. The SMILES string of the molecule is C/C(=C\C(O)c1oc(O)c(O)c1O)C(=O)[O-]. The van der Waals surface area contributed by atoms with E-state index < -0.39 is 35.3 Å². The summed E-state index contributed by atoms with van der Waals surface area (Å²) in [5.41, 5.74) is -0.290. The maximum atomic E-state index is 10.3. The monoisotopic (exact) mass is 229 g/mol. The number of rotatable bonds is 3. The van der Waals surface area contributed by atoms with Gasteiger partial charge >= 0.3 is 5.95 Å². The van der Waals surface area contributed by atoms with E-state index in [9.17, 15) is 20.1 Å². The van der Waals surface area contributed by atoms with Crippen molar-refractivity contribution in [2.24, 2.45) is 0 Å². The molecule has 4 N–H and O–H groups in total. The maximum absolute atomic E-state index is 10.3. The van der Waals surface area contributed by atoms with Gasteiger partial charge < -0.3 is 34.7 Å². The molecule has 0 aliphatic rings. The van der Waals surface area contributed by atoms with Crippen molar-refractivity contribution in [1.29, 1.82) is 0 Å². The lowest BCUT2D eigenvalue weighted by molar-refractivity contribution is -0.299. The number of aliphatic hydroxyl groups excluding tert-OH is 1. The minimum atomic E-state index is -1.62. The molecule has 0 saturated heterocycles. The average molecular weight is 229 g/mol. The Hall–Kier alpha value is -2.15. The molecule has 0 bridgehead atoms. The molecule has 1 unspecified atom stereocenters. The van der Waals surface area contributed by atoms with Crippen LogP contribution in [-0.2, 0) is 4.79 Å². The molecule has 1 aromatic rings. The van der Waals surface area contributed by atoms with Gasteiger partial charge in [0.15, 0.2) is 5.76 Å². The van der Waals surface area contributed by atoms with Gasteiger partial charge in [-0.3, -0.25) is 0 Å². The van der Waals surface area contributed by atoms with Gasteiger partial charge in [0.2, 0.25) is 11.5 Å². The van der Waals surface area contributed by atoms with Crippen LogP contribution >= 0.6 is 0 Å². The standard InChI is InChI=1S/C9H10O7/c1-3(8(13)14)2-4(10)7-5(11)6(12)9(15)16-7/h2,4,10-12,15H,1H3,(H,13,14)/p-1/b3-2+. The Bertz CT molecular complexity index is 443. The first-order valence-corrected chi connectivity index (χ1v) is 4.16. The van der Waals surface area contributed by atoms with Gasteiger partial charge in [-0.15, -0.1) is 0 Å². The zero-order valence-electron chi connectivity index (χ0n) is 8.17. The predicted molar refractivity (Wildman–Crippen MR) is 47.4 cm³/mol. The molecule has 7 heteroatoms. The Kier molecular flexibility index (Phi) is 3.09. The molecule has 1 rings (SSSR count). The van der Waals surface area contributed by atoms with Crippen molar-refractivity contribution in [3.05, 3.63) is 17.4 Å². The van der Waals surface area contributed by atoms with Gasteiger partial charge in [0.25, 0.3) is 0 Å². The largest absolute Gasteiger partial charge is 0.545 e. The third kappa shape index (κ3) is 2.09. The molecule has 1 aromatic heterocycles. The summed E-state index contributed by atoms with van der Waals surface area (Å²) >= 11 is 0. The van der Waals surface area contributed by atoms with Gasteiger partial charge in [-0.05, 0) is 18.6 Å². The molecule has 0 aliphatic heterocycles. The Labute approximate surface area is 89.5 Å². The quantitative estimate of drug-likeness (QED) is 0.494. The van der Waals surface area contributed by atoms with Crippen molar-refractivity contribution in [1.82, 2.24) is 0 Å². The van der Waals surface area contributed by atoms with Crippen LogP contribution in [0.15, 0.2) is 16.1 Å². The first-order valence-electron chi connectivity index (χ1n) is 4.16. The van der Waals surface area contributed by atoms with Gasteiger partial charge in [-0.1, -0.05) is 0 Å². The summed E-state index contributed by atoms with van der Waals surface area (Å²) in [6.45, 7) is 1.16. The highest BCUT2D eigenvalue weighted by Crippen LogP contribution is 2.43. The average Bonchev–Trinajstić information content (AvgIpc) is 2.45. The zero-order chi connectivity index (χ0) is 12.5. The van der Waals surface area contributed by atoms with Crippen molar-refractivity contribution >= 4 is 5.97 Å². The van der Waals surface area contributed by atoms with Gasteiger partial charge in [-0.25, -0.2) is 0 Å². The summed E-state index contributed by atoms with van der Waals surface area (Å²) < 4.78 is 4.44. The predicted octanol–water partition coefficient (Wildman–Crippen LogP) is -0.874. The molecule has 16 heavy (non-hydrogen) atoms. The molecule has 1 heterocycles. The van der Waals surface area contributed by atoms with Crippen LogP contribution in [-0.4, -0.2) is 26.4 Å². The zero-order valence-corrected chi connectivity index (χ0v) is 8.17. The van der Waals surface area contributed by atoms with Crippen LogP contribution in [0.4, 0.5) is 0 Å². The molecule has 0 spiro atoms. The van der Waals surface area contributed by atoms with E-state index in [1.807, 2.05) is 0 Å². The summed E-state index contributed by atoms with van der Waals surface area (Å²) in [4.78, 5) is 10.3. The third-order valence-corrected chi connectivity index (χ3v) is 1.87. The fraction of sp³-hybridized carbons (Fsp3) is 0.222. The van der Waals surface area contributed by atoms with Crippen molar-refractivity contribution in [3.63, 3.8) is 0 Å². The molecular formula is C9H9O7-. The van der Waals surface area contributed by atoms with Crippen LogP contribution < -0.4 is 5.11 Å². The third-order valence-electron chi connectivity index (χ3n) is 1.87. The van der Waals surface area contributed by atoms with Gasteiger partial charge in [0.1, 0.15) is 6.10 Å². The summed E-state index contributed by atoms with van der Waals surface area (Å²) in [6.07, 6.45) is -0.794. The minimum absolute atomic E-state index is 0.290. The number of hydrogen-bond acceptors (Lipinski definition) is 7. The van der Waals surface area contributed by atoms with Gasteiger partial charge in [0, 0.05) is 0 Å². The molecule has 0 amide bonds. The number of carboxylic acids is 1. The summed E-state index contributed by atoms with van der Waals surface area (Å²) in [5, 5.41) is 46.8. The molecular weight excluding hydrogens is 220 g/mol. The van der Waals surface area contributed by atoms with Crippen LogP contribution in [0.25, 0.3) is 0 Å². The number of aromatic hydroxyl groups is 3. The van der Waals surface area contributed by atoms with E-state index in [4.69, 9.17) is 10.2 Å². The van der Waals surface area contributed by atoms with Crippen LogP contribution in [0.1, 0.15) is 18.8 Å². The number of carbonyl (C=O) groups is 1. The van der Waals surface area contributed by atoms with Gasteiger partial charge in [-0.2, -0.15) is 0 Å². The van der Waals surface area contributed by atoms with Crippen molar-refractivity contribution in [2.75, 3.05) is 0 Å². The van der Waals surface area contributed by atoms with Crippen LogP contribution in [0, 0.1) is 0 Å². The van der Waals surface area contributed by atoms with Crippen molar-refractivity contribution in [3.8, 4) is 17.4 Å². The first kappa shape index (κ1) is 11.9. The first-order chi connectivity index (χ1) is 7.34. The van der Waals surface area contributed by atoms with Crippen molar-refractivity contribution in [2.45, 2.75) is 13.0 Å². The normalized spacial score (nSPS) is 13.8. The van der Waals surface area contributed by atoms with Crippen LogP contribution in [0.2, 0.25) is 0 Å². The Morgan fingerprint density at radius 2 is 1.94 bits per heavy atom. The molecule has 0 saturated carbocycles. The topological polar surface area (TPSA) is 134 Å². The lowest BCUT2D eigenvalue weighted by atomic mass is 10.2. The number of aliphatic hydroxyl groups is 1. The van der Waals surface area contributed by atoms with E-state index in [1.165, 1.54) is 0 Å². The molecule has 1 atom stereocenters. The van der Waals surface area contributed by atoms with Crippen LogP contribution in [0.5, 0.6) is 17.4 Å². The highest BCUT2D eigenvalue weighted by molar-refractivity contribution is 5.83. The Morgan fingerprint density at radius 3 is 2.31 bits per heavy atom. The molecule has 0 fully saturated rings. The summed E-state index contributed by atoms with van der Waals surface area (Å²) in [5.74, 6) is -4.80. The molecule has 7 nitrogen and oxygen atoms in total. The number of furan rings is 1. The van der Waals surface area contributed by atoms with E-state index in [0.717, 1.165) is 13.0 Å². The van der Waals surface area contributed by atoms with E-state index in [2.05, 4.69) is 4.42 Å². The molecule has 0 radical (unpaired) electrons. The lowest BCUT2D eigenvalue weighted by Gasteiger charge is -2.06. The fourth-order valence-electron chi connectivity index (χ4n) is 1.000. The summed E-state index contributed by atoms with van der Waals surface area (Å²) in [6, 6.07) is 0. The van der Waals surface area contributed by atoms with E-state index in [0.29, 0.717) is 0 Å². The highest BCUT2D eigenvalue weighted by Gasteiger charge is 2.23. The smallest absolute Gasteiger partial charge is 0.330 e.